The van der Waals surface area contributed by atoms with Crippen molar-refractivity contribution in [1.82, 2.24) is 30.2 Å². The van der Waals surface area contributed by atoms with E-state index >= 15 is 0 Å². The van der Waals surface area contributed by atoms with Crippen molar-refractivity contribution in [2.75, 3.05) is 37.8 Å². The molecule has 0 saturated carbocycles. The number of ether oxygens (including phenoxy) is 1. The first-order valence-electron chi connectivity index (χ1n) is 18.0. The second-order valence-corrected chi connectivity index (χ2v) is 19.2. The van der Waals surface area contributed by atoms with Crippen LogP contribution in [0.2, 0.25) is 0 Å². The van der Waals surface area contributed by atoms with Crippen LogP contribution >= 0.6 is 35.2 Å². The maximum absolute atomic E-state index is 12.7. The standard InChI is InChI=1S/C30H50N7O18P3S/c1-4-5-6-7-8-18(38)13-21(40)59-12-11-32-20(39)9-10-33-28(43)25(42)30(2,3)15-52-58(49,50)55-57(47,48)51-14-19-24(54-56(44,45)46)23(41)29(53-19)37-17-36-22-26(31)34-16-35-27(22)37/h16-17,19,23-25,29,41-42H,4-15H2,1-3H3,(H,32,39)(H,33,43)(H,47,48)(H,49,50)(H2,31,34,35)(H2,44,45,46). The van der Waals surface area contributed by atoms with Crippen molar-refractivity contribution >= 4 is 74.9 Å². The maximum atomic E-state index is 12.7. The van der Waals surface area contributed by atoms with Crippen molar-refractivity contribution in [3.05, 3.63) is 12.7 Å². The van der Waals surface area contributed by atoms with Gasteiger partial charge in [0, 0.05) is 37.1 Å². The van der Waals surface area contributed by atoms with E-state index in [1.54, 1.807) is 0 Å². The van der Waals surface area contributed by atoms with E-state index in [1.807, 2.05) is 0 Å². The van der Waals surface area contributed by atoms with Crippen molar-refractivity contribution in [2.45, 2.75) is 96.4 Å². The Morgan fingerprint density at radius 3 is 2.37 bits per heavy atom. The number of aliphatic hydroxyl groups excluding tert-OH is 2. The number of nitrogen functional groups attached to an aromatic ring is 1. The number of hydrogen-bond acceptors (Lipinski definition) is 19. The Labute approximate surface area is 341 Å². The molecule has 1 aliphatic heterocycles. The first-order valence-corrected chi connectivity index (χ1v) is 23.5. The second kappa shape index (κ2) is 22.4. The Hall–Kier alpha value is -2.77. The van der Waals surface area contributed by atoms with Gasteiger partial charge in [0.15, 0.2) is 22.8 Å². The monoisotopic (exact) mass is 921 g/mol. The summed E-state index contributed by atoms with van der Waals surface area (Å²) in [6.45, 7) is 2.38. The van der Waals surface area contributed by atoms with Gasteiger partial charge in [-0.25, -0.2) is 28.6 Å². The van der Waals surface area contributed by atoms with Crippen LogP contribution in [0.4, 0.5) is 5.82 Å². The number of phosphoric ester groups is 3. The third-order valence-corrected chi connectivity index (χ3v) is 12.4. The number of aromatic nitrogens is 4. The van der Waals surface area contributed by atoms with Crippen LogP contribution in [0, 0.1) is 5.41 Å². The summed E-state index contributed by atoms with van der Waals surface area (Å²) >= 11 is 0.921. The lowest BCUT2D eigenvalue weighted by molar-refractivity contribution is -0.137. The zero-order valence-electron chi connectivity index (χ0n) is 32.2. The number of phosphoric acid groups is 3. The van der Waals surface area contributed by atoms with Crippen molar-refractivity contribution in [3.8, 4) is 0 Å². The van der Waals surface area contributed by atoms with Crippen LogP contribution in [0.5, 0.6) is 0 Å². The van der Waals surface area contributed by atoms with Gasteiger partial charge in [0.1, 0.15) is 42.0 Å². The number of imidazole rings is 1. The Balaban J connectivity index is 1.44. The van der Waals surface area contributed by atoms with E-state index in [0.29, 0.717) is 6.42 Å². The fraction of sp³-hybridized carbons (Fsp3) is 0.700. The predicted molar refractivity (Wildman–Crippen MR) is 205 cm³/mol. The molecule has 0 aromatic carbocycles. The first kappa shape index (κ1) is 50.6. The number of hydrogen-bond donors (Lipinski definition) is 9. The second-order valence-electron chi connectivity index (χ2n) is 13.8. The van der Waals surface area contributed by atoms with Crippen LogP contribution in [0.15, 0.2) is 12.7 Å². The predicted octanol–water partition coefficient (Wildman–Crippen LogP) is 0.594. The minimum atomic E-state index is -5.58. The van der Waals surface area contributed by atoms with E-state index in [9.17, 15) is 62.7 Å². The smallest absolute Gasteiger partial charge is 0.386 e. The van der Waals surface area contributed by atoms with Crippen LogP contribution < -0.4 is 16.4 Å². The largest absolute Gasteiger partial charge is 0.481 e. The molecular weight excluding hydrogens is 871 g/mol. The molecule has 3 heterocycles. The van der Waals surface area contributed by atoms with Gasteiger partial charge in [-0.05, 0) is 6.42 Å². The van der Waals surface area contributed by atoms with Gasteiger partial charge < -0.3 is 50.9 Å². The number of nitrogens with one attached hydrogen (secondary N) is 2. The summed E-state index contributed by atoms with van der Waals surface area (Å²) in [6, 6.07) is 0. The summed E-state index contributed by atoms with van der Waals surface area (Å²) in [6.07, 6.45) is -3.10. The zero-order chi connectivity index (χ0) is 44.2. The van der Waals surface area contributed by atoms with E-state index in [-0.39, 0.29) is 59.6 Å². The van der Waals surface area contributed by atoms with Crippen LogP contribution in [-0.2, 0) is 55.5 Å². The van der Waals surface area contributed by atoms with E-state index in [4.69, 9.17) is 19.5 Å². The Morgan fingerprint density at radius 1 is 1.00 bits per heavy atom. The Morgan fingerprint density at radius 2 is 1.69 bits per heavy atom. The number of carbonyl (C=O) groups is 4. The molecule has 1 saturated heterocycles. The summed E-state index contributed by atoms with van der Waals surface area (Å²) in [5.41, 5.74) is 4.23. The molecule has 3 rings (SSSR count). The number of unbranched alkanes of at least 4 members (excludes halogenated alkanes) is 3. The van der Waals surface area contributed by atoms with Gasteiger partial charge in [-0.1, -0.05) is 51.8 Å². The molecule has 0 aliphatic carbocycles. The van der Waals surface area contributed by atoms with Crippen molar-refractivity contribution in [3.63, 3.8) is 0 Å². The van der Waals surface area contributed by atoms with Crippen molar-refractivity contribution in [1.29, 1.82) is 0 Å². The van der Waals surface area contributed by atoms with Gasteiger partial charge in [0.05, 0.1) is 26.0 Å². The third-order valence-electron chi connectivity index (χ3n) is 8.42. The van der Waals surface area contributed by atoms with E-state index in [2.05, 4.69) is 41.3 Å². The van der Waals surface area contributed by atoms with E-state index < -0.39 is 84.6 Å². The Bertz CT molecular complexity index is 1920. The number of rotatable bonds is 26. The highest BCUT2D eigenvalue weighted by molar-refractivity contribution is 8.13. The molecule has 0 spiro atoms. The molecule has 0 bridgehead atoms. The fourth-order valence-corrected chi connectivity index (χ4v) is 8.87. The molecule has 7 unspecified atom stereocenters. The molecule has 2 aromatic rings. The molecule has 0 radical (unpaired) electrons. The van der Waals surface area contributed by atoms with E-state index in [1.165, 1.54) is 13.8 Å². The van der Waals surface area contributed by atoms with Crippen molar-refractivity contribution in [2.24, 2.45) is 5.41 Å². The lowest BCUT2D eigenvalue weighted by Gasteiger charge is -2.30. The maximum Gasteiger partial charge on any atom is 0.481 e. The molecule has 2 amide bonds. The van der Waals surface area contributed by atoms with Crippen molar-refractivity contribution < 1.29 is 85.3 Å². The average molecular weight is 922 g/mol. The van der Waals surface area contributed by atoms with Gasteiger partial charge in [0.2, 0.25) is 11.8 Å². The highest BCUT2D eigenvalue weighted by Gasteiger charge is 2.50. The van der Waals surface area contributed by atoms with Crippen LogP contribution in [0.1, 0.15) is 71.9 Å². The number of aliphatic hydroxyl groups is 2. The van der Waals surface area contributed by atoms with Gasteiger partial charge in [0.25, 0.3) is 0 Å². The number of amides is 2. The average Bonchev–Trinajstić information content (AvgIpc) is 3.70. The highest BCUT2D eigenvalue weighted by Crippen LogP contribution is 2.61. The quantitative estimate of drug-likeness (QED) is 0.0354. The molecule has 1 aliphatic rings. The van der Waals surface area contributed by atoms with E-state index in [0.717, 1.165) is 54.7 Å². The minimum Gasteiger partial charge on any atom is -0.386 e. The number of fused-ring (bicyclic) bond motifs is 1. The summed E-state index contributed by atoms with van der Waals surface area (Å²) in [5, 5.41) is 26.0. The number of nitrogens with two attached hydrogens (primary N) is 1. The summed E-state index contributed by atoms with van der Waals surface area (Å²) in [4.78, 5) is 99.6. The fourth-order valence-electron chi connectivity index (χ4n) is 5.34. The molecule has 7 atom stereocenters. The number of Topliss-reactive ketones (excluding diaryl/α,β-unsaturated/α-hetero) is 1. The summed E-state index contributed by atoms with van der Waals surface area (Å²) in [7, 11) is -16.4. The molecule has 1 fully saturated rings. The molecule has 59 heavy (non-hydrogen) atoms. The lowest BCUT2D eigenvalue weighted by Crippen LogP contribution is -2.46. The molecule has 25 nitrogen and oxygen atoms in total. The lowest BCUT2D eigenvalue weighted by atomic mass is 9.87. The minimum absolute atomic E-state index is 0.0251. The molecule has 2 aromatic heterocycles. The van der Waals surface area contributed by atoms with Crippen LogP contribution in [0.3, 0.4) is 0 Å². The number of anilines is 1. The number of carbonyl (C=O) groups excluding carboxylic acids is 4. The van der Waals surface area contributed by atoms with Gasteiger partial charge in [-0.3, -0.25) is 37.3 Å². The van der Waals surface area contributed by atoms with Gasteiger partial charge >= 0.3 is 23.5 Å². The number of ketones is 1. The Kier molecular flexibility index (Phi) is 19.2. The third kappa shape index (κ3) is 16.6. The molecular formula is C30H50N7O18P3S. The molecule has 334 valence electrons. The molecule has 29 heteroatoms. The topological polar surface area (TPSA) is 381 Å². The molecule has 10 N–H and O–H groups in total. The summed E-state index contributed by atoms with van der Waals surface area (Å²) < 4.78 is 62.1. The summed E-state index contributed by atoms with van der Waals surface area (Å²) in [5.74, 6) is -1.42. The number of nitrogens with zero attached hydrogens (tertiary/aromatic N) is 4. The van der Waals surface area contributed by atoms with Gasteiger partial charge in [-0.2, -0.15) is 4.31 Å². The van der Waals surface area contributed by atoms with Crippen LogP contribution in [0.25, 0.3) is 11.2 Å². The van der Waals surface area contributed by atoms with Gasteiger partial charge in [-0.15, -0.1) is 0 Å². The number of thioether (sulfide) groups is 1. The highest BCUT2D eigenvalue weighted by atomic mass is 32.2. The van der Waals surface area contributed by atoms with Crippen LogP contribution in [-0.4, -0.2) is 128 Å². The zero-order valence-corrected chi connectivity index (χ0v) is 35.7. The SMILES string of the molecule is CCCCCCC(=O)CC(=O)SCCNC(=O)CCNC(=O)C(O)C(C)(C)COP(=O)(O)OP(=O)(O)OCC1OC(n2cnc3c(N)ncnc32)C(O)C1OP(=O)(O)O. The first-order chi connectivity index (χ1) is 27.4. The normalized spacial score (nSPS) is 21.1.